The first-order valence-corrected chi connectivity index (χ1v) is 8.41. The molecule has 0 radical (unpaired) electrons. The summed E-state index contributed by atoms with van der Waals surface area (Å²) in [6.45, 7) is 4.51. The molecule has 0 aliphatic rings. The lowest BCUT2D eigenvalue weighted by Crippen LogP contribution is -2.39. The van der Waals surface area contributed by atoms with Gasteiger partial charge in [0.2, 0.25) is 8.32 Å². The highest BCUT2D eigenvalue weighted by molar-refractivity contribution is 14.1. The van der Waals surface area contributed by atoms with Crippen LogP contribution in [-0.2, 0) is 4.43 Å². The van der Waals surface area contributed by atoms with Gasteiger partial charge in [0.05, 0.1) is 0 Å². The Balaban J connectivity index is 3.96. The van der Waals surface area contributed by atoms with E-state index in [1.165, 1.54) is 29.0 Å². The van der Waals surface area contributed by atoms with Crippen molar-refractivity contribution in [2.75, 3.05) is 11.2 Å². The van der Waals surface area contributed by atoms with Gasteiger partial charge in [-0.1, -0.05) is 49.3 Å². The van der Waals surface area contributed by atoms with Crippen LogP contribution in [0.4, 0.5) is 0 Å². The van der Waals surface area contributed by atoms with E-state index in [0.717, 1.165) is 0 Å². The van der Waals surface area contributed by atoms with Crippen molar-refractivity contribution in [2.45, 2.75) is 38.8 Å². The molecule has 0 fully saturated rings. The fourth-order valence-electron chi connectivity index (χ4n) is 1.43. The molecule has 0 saturated carbocycles. The predicted molar refractivity (Wildman–Crippen MR) is 61.8 cm³/mol. The van der Waals surface area contributed by atoms with Crippen molar-refractivity contribution in [1.82, 2.24) is 0 Å². The molecule has 3 heteroatoms. The Morgan fingerprint density at radius 2 is 1.64 bits per heavy atom. The highest BCUT2D eigenvalue weighted by Gasteiger charge is 2.30. The standard InChI is InChI=1S/C8H19IOSi/c1-4-6-11(8-9,10-3)7-5-2/h4-8H2,1-3H3. The fourth-order valence-corrected chi connectivity index (χ4v) is 7.51. The van der Waals surface area contributed by atoms with E-state index < -0.39 is 8.32 Å². The van der Waals surface area contributed by atoms with Crippen LogP contribution in [0.3, 0.4) is 0 Å². The Hall–Kier alpha value is 0.907. The maximum atomic E-state index is 5.70. The molecule has 0 saturated heterocycles. The highest BCUT2D eigenvalue weighted by Crippen LogP contribution is 2.22. The van der Waals surface area contributed by atoms with Crippen LogP contribution in [0, 0.1) is 0 Å². The SMILES string of the molecule is CCC[Si](CI)(CCC)OC. The molecular formula is C8H19IOSi. The summed E-state index contributed by atoms with van der Waals surface area (Å²) in [6, 6.07) is 2.67. The molecule has 11 heavy (non-hydrogen) atoms. The third kappa shape index (κ3) is 3.89. The molecule has 68 valence electrons. The lowest BCUT2D eigenvalue weighted by Gasteiger charge is -2.26. The van der Waals surface area contributed by atoms with Crippen molar-refractivity contribution in [3.05, 3.63) is 0 Å². The van der Waals surface area contributed by atoms with E-state index >= 15 is 0 Å². The van der Waals surface area contributed by atoms with Crippen LogP contribution in [0.15, 0.2) is 0 Å². The van der Waals surface area contributed by atoms with E-state index in [9.17, 15) is 0 Å². The summed E-state index contributed by atoms with van der Waals surface area (Å²) in [4.78, 5) is 0. The first-order valence-electron chi connectivity index (χ1n) is 4.35. The summed E-state index contributed by atoms with van der Waals surface area (Å²) in [5.41, 5.74) is 0. The van der Waals surface area contributed by atoms with Gasteiger partial charge in [-0.2, -0.15) is 0 Å². The van der Waals surface area contributed by atoms with Crippen LogP contribution in [0.25, 0.3) is 0 Å². The Morgan fingerprint density at radius 3 is 1.82 bits per heavy atom. The molecule has 0 heterocycles. The molecule has 0 aliphatic heterocycles. The Kier molecular flexibility index (Phi) is 6.96. The van der Waals surface area contributed by atoms with Gasteiger partial charge in [0.15, 0.2) is 0 Å². The molecule has 0 unspecified atom stereocenters. The van der Waals surface area contributed by atoms with Crippen LogP contribution >= 0.6 is 22.6 Å². The zero-order valence-electron chi connectivity index (χ0n) is 7.82. The quantitative estimate of drug-likeness (QED) is 0.413. The summed E-state index contributed by atoms with van der Waals surface area (Å²) in [6.07, 6.45) is 2.56. The normalized spacial score (nSPS) is 12.0. The van der Waals surface area contributed by atoms with Gasteiger partial charge in [-0.25, -0.2) is 0 Å². The molecule has 0 aromatic heterocycles. The molecule has 0 aromatic carbocycles. The summed E-state index contributed by atoms with van der Waals surface area (Å²) >= 11 is 2.49. The van der Waals surface area contributed by atoms with E-state index in [-0.39, 0.29) is 0 Å². The number of rotatable bonds is 6. The second kappa shape index (κ2) is 6.43. The molecule has 0 N–H and O–H groups in total. The molecule has 0 bridgehead atoms. The number of hydrogen-bond donors (Lipinski definition) is 0. The third-order valence-corrected chi connectivity index (χ3v) is 10.4. The number of alkyl halides is 1. The van der Waals surface area contributed by atoms with Crippen molar-refractivity contribution in [3.63, 3.8) is 0 Å². The maximum Gasteiger partial charge on any atom is 0.201 e. The van der Waals surface area contributed by atoms with Gasteiger partial charge >= 0.3 is 0 Å². The summed E-state index contributed by atoms with van der Waals surface area (Å²) in [7, 11) is 0.642. The first-order chi connectivity index (χ1) is 5.24. The van der Waals surface area contributed by atoms with Crippen LogP contribution in [0.5, 0.6) is 0 Å². The van der Waals surface area contributed by atoms with Gasteiger partial charge in [-0.3, -0.25) is 0 Å². The first kappa shape index (κ1) is 11.9. The van der Waals surface area contributed by atoms with Crippen molar-refractivity contribution in [1.29, 1.82) is 0 Å². The fraction of sp³-hybridized carbons (Fsp3) is 1.00. The average Bonchev–Trinajstić information content (AvgIpc) is 2.04. The highest BCUT2D eigenvalue weighted by atomic mass is 127. The van der Waals surface area contributed by atoms with Gasteiger partial charge < -0.3 is 4.43 Å². The summed E-state index contributed by atoms with van der Waals surface area (Å²) in [5.74, 6) is 0. The van der Waals surface area contributed by atoms with Crippen molar-refractivity contribution < 1.29 is 4.43 Å². The molecule has 1 nitrogen and oxygen atoms in total. The number of hydrogen-bond acceptors (Lipinski definition) is 1. The van der Waals surface area contributed by atoms with Crippen LogP contribution in [0.1, 0.15) is 26.7 Å². The van der Waals surface area contributed by atoms with Gasteiger partial charge in [-0.05, 0) is 12.1 Å². The maximum absolute atomic E-state index is 5.70. The van der Waals surface area contributed by atoms with Crippen molar-refractivity contribution >= 4 is 30.9 Å². The lowest BCUT2D eigenvalue weighted by molar-refractivity contribution is 0.394. The molecule has 0 rings (SSSR count). The smallest absolute Gasteiger partial charge is 0.201 e. The Labute approximate surface area is 85.2 Å². The van der Waals surface area contributed by atoms with Crippen LogP contribution in [0.2, 0.25) is 12.1 Å². The minimum atomic E-state index is -1.26. The lowest BCUT2D eigenvalue weighted by atomic mass is 10.6. The van der Waals surface area contributed by atoms with E-state index in [2.05, 4.69) is 36.4 Å². The molecule has 0 atom stereocenters. The minimum absolute atomic E-state index is 1.25. The number of halogens is 1. The van der Waals surface area contributed by atoms with Crippen molar-refractivity contribution in [2.24, 2.45) is 0 Å². The Morgan fingerprint density at radius 1 is 1.18 bits per heavy atom. The molecule has 0 aromatic rings. The van der Waals surface area contributed by atoms with E-state index in [4.69, 9.17) is 4.43 Å². The Bertz CT molecular complexity index is 86.1. The van der Waals surface area contributed by atoms with E-state index in [0.29, 0.717) is 0 Å². The van der Waals surface area contributed by atoms with Crippen molar-refractivity contribution in [3.8, 4) is 0 Å². The molecule has 0 aliphatic carbocycles. The second-order valence-electron chi connectivity index (χ2n) is 3.02. The van der Waals surface area contributed by atoms with Gasteiger partial charge in [0.25, 0.3) is 0 Å². The topological polar surface area (TPSA) is 9.23 Å². The predicted octanol–water partition coefficient (Wildman–Crippen LogP) is 3.37. The largest absolute Gasteiger partial charge is 0.419 e. The van der Waals surface area contributed by atoms with Gasteiger partial charge in [0.1, 0.15) is 0 Å². The van der Waals surface area contributed by atoms with Gasteiger partial charge in [0, 0.05) is 11.2 Å². The average molecular weight is 286 g/mol. The van der Waals surface area contributed by atoms with Crippen LogP contribution in [-0.4, -0.2) is 19.5 Å². The van der Waals surface area contributed by atoms with E-state index in [1.54, 1.807) is 0 Å². The molecule has 0 amide bonds. The third-order valence-electron chi connectivity index (χ3n) is 2.09. The summed E-state index contributed by atoms with van der Waals surface area (Å²) in [5, 5.41) is 0. The van der Waals surface area contributed by atoms with Crippen LogP contribution < -0.4 is 0 Å². The molecule has 0 spiro atoms. The summed E-state index contributed by atoms with van der Waals surface area (Å²) < 4.78 is 6.95. The monoisotopic (exact) mass is 286 g/mol. The van der Waals surface area contributed by atoms with E-state index in [1.807, 2.05) is 7.11 Å². The second-order valence-corrected chi connectivity index (χ2v) is 9.35. The minimum Gasteiger partial charge on any atom is -0.419 e. The molecular weight excluding hydrogens is 267 g/mol. The van der Waals surface area contributed by atoms with Gasteiger partial charge in [-0.15, -0.1) is 0 Å². The zero-order valence-corrected chi connectivity index (χ0v) is 11.0. The zero-order chi connectivity index (χ0) is 8.74.